The van der Waals surface area contributed by atoms with Crippen LogP contribution in [0.25, 0.3) is 11.1 Å². The highest BCUT2D eigenvalue weighted by Gasteiger charge is 2.15. The van der Waals surface area contributed by atoms with Crippen LogP contribution in [0.3, 0.4) is 0 Å². The molecule has 0 amide bonds. The molecule has 0 heterocycles. The molecular formula is C17H17BrO2. The Morgan fingerprint density at radius 3 is 2.15 bits per heavy atom. The maximum atomic E-state index is 11.4. The molecule has 2 aromatic rings. The zero-order chi connectivity index (χ0) is 14.9. The fraction of sp³-hybridized carbons (Fsp3) is 0.235. The average Bonchev–Trinajstić information content (AvgIpc) is 2.37. The molecule has 2 aromatic carbocycles. The highest BCUT2D eigenvalue weighted by molar-refractivity contribution is 9.10. The lowest BCUT2D eigenvalue weighted by atomic mass is 9.86. The smallest absolute Gasteiger partial charge is 0.336 e. The second-order valence-electron chi connectivity index (χ2n) is 5.82. The van der Waals surface area contributed by atoms with Gasteiger partial charge in [0.2, 0.25) is 0 Å². The number of carbonyl (C=O) groups is 1. The van der Waals surface area contributed by atoms with Gasteiger partial charge in [-0.2, -0.15) is 0 Å². The summed E-state index contributed by atoms with van der Waals surface area (Å²) >= 11 is 3.31. The Morgan fingerprint density at radius 2 is 1.65 bits per heavy atom. The molecule has 0 radical (unpaired) electrons. The maximum Gasteiger partial charge on any atom is 0.336 e. The topological polar surface area (TPSA) is 37.3 Å². The Kier molecular flexibility index (Phi) is 4.00. The first kappa shape index (κ1) is 14.8. The van der Waals surface area contributed by atoms with Gasteiger partial charge in [0, 0.05) is 4.47 Å². The number of hydrogen-bond donors (Lipinski definition) is 1. The summed E-state index contributed by atoms with van der Waals surface area (Å²) in [5.74, 6) is -0.916. The van der Waals surface area contributed by atoms with Crippen LogP contribution in [-0.4, -0.2) is 11.1 Å². The minimum absolute atomic E-state index is 0.0911. The van der Waals surface area contributed by atoms with Gasteiger partial charge in [0.25, 0.3) is 0 Å². The van der Waals surface area contributed by atoms with E-state index in [1.54, 1.807) is 6.07 Å². The SMILES string of the molecule is CC(C)(C)c1ccc(-c2ccc(Br)cc2C(=O)O)cc1. The summed E-state index contributed by atoms with van der Waals surface area (Å²) in [6.07, 6.45) is 0. The molecule has 104 valence electrons. The summed E-state index contributed by atoms with van der Waals surface area (Å²) in [5, 5.41) is 9.31. The van der Waals surface area contributed by atoms with Gasteiger partial charge in [0.15, 0.2) is 0 Å². The molecule has 0 aromatic heterocycles. The largest absolute Gasteiger partial charge is 0.478 e. The van der Waals surface area contributed by atoms with Crippen LogP contribution in [0.5, 0.6) is 0 Å². The molecule has 2 nitrogen and oxygen atoms in total. The zero-order valence-corrected chi connectivity index (χ0v) is 13.4. The third-order valence-electron chi connectivity index (χ3n) is 3.27. The van der Waals surface area contributed by atoms with E-state index in [4.69, 9.17) is 0 Å². The molecule has 20 heavy (non-hydrogen) atoms. The molecular weight excluding hydrogens is 316 g/mol. The summed E-state index contributed by atoms with van der Waals surface area (Å²) in [5.41, 5.74) is 3.29. The highest BCUT2D eigenvalue weighted by atomic mass is 79.9. The van der Waals surface area contributed by atoms with E-state index in [9.17, 15) is 9.90 Å². The van der Waals surface area contributed by atoms with E-state index in [1.165, 1.54) is 5.56 Å². The van der Waals surface area contributed by atoms with Gasteiger partial charge in [-0.3, -0.25) is 0 Å². The number of aromatic carboxylic acids is 1. The van der Waals surface area contributed by atoms with Crippen LogP contribution in [0.4, 0.5) is 0 Å². The van der Waals surface area contributed by atoms with Crippen LogP contribution in [0.1, 0.15) is 36.7 Å². The number of rotatable bonds is 2. The summed E-state index contributed by atoms with van der Waals surface area (Å²) in [6, 6.07) is 13.4. The molecule has 0 saturated carbocycles. The van der Waals surface area contributed by atoms with Gasteiger partial charge >= 0.3 is 5.97 Å². The number of carboxylic acid groups (broad SMARTS) is 1. The number of halogens is 1. The van der Waals surface area contributed by atoms with Crippen molar-refractivity contribution in [1.82, 2.24) is 0 Å². The van der Waals surface area contributed by atoms with Crippen LogP contribution < -0.4 is 0 Å². The van der Waals surface area contributed by atoms with Crippen molar-refractivity contribution in [2.45, 2.75) is 26.2 Å². The minimum atomic E-state index is -0.916. The maximum absolute atomic E-state index is 11.4. The van der Waals surface area contributed by atoms with Gasteiger partial charge < -0.3 is 5.11 Å². The molecule has 0 saturated heterocycles. The van der Waals surface area contributed by atoms with E-state index < -0.39 is 5.97 Å². The first-order valence-corrected chi connectivity index (χ1v) is 7.22. The Labute approximate surface area is 127 Å². The van der Waals surface area contributed by atoms with E-state index in [-0.39, 0.29) is 5.41 Å². The van der Waals surface area contributed by atoms with E-state index in [1.807, 2.05) is 24.3 Å². The lowest BCUT2D eigenvalue weighted by Crippen LogP contribution is -2.10. The molecule has 0 fully saturated rings. The standard InChI is InChI=1S/C17H17BrO2/c1-17(2,3)12-6-4-11(5-7-12)14-9-8-13(18)10-15(14)16(19)20/h4-10H,1-3H3,(H,19,20). The predicted molar refractivity (Wildman–Crippen MR) is 85.2 cm³/mol. The molecule has 0 aliphatic rings. The molecule has 3 heteroatoms. The fourth-order valence-corrected chi connectivity index (χ4v) is 2.46. The summed E-state index contributed by atoms with van der Waals surface area (Å²) < 4.78 is 0.768. The van der Waals surface area contributed by atoms with Crippen LogP contribution in [0.15, 0.2) is 46.9 Å². The average molecular weight is 333 g/mol. The number of hydrogen-bond acceptors (Lipinski definition) is 1. The zero-order valence-electron chi connectivity index (χ0n) is 11.8. The third kappa shape index (κ3) is 3.10. The summed E-state index contributed by atoms with van der Waals surface area (Å²) in [7, 11) is 0. The Hall–Kier alpha value is -1.61. The molecule has 0 spiro atoms. The highest BCUT2D eigenvalue weighted by Crippen LogP contribution is 2.29. The second-order valence-corrected chi connectivity index (χ2v) is 6.74. The van der Waals surface area contributed by atoms with Gasteiger partial charge in [-0.1, -0.05) is 67.0 Å². The monoisotopic (exact) mass is 332 g/mol. The van der Waals surface area contributed by atoms with Crippen LogP contribution in [0, 0.1) is 0 Å². The first-order valence-electron chi connectivity index (χ1n) is 6.43. The lowest BCUT2D eigenvalue weighted by Gasteiger charge is -2.19. The summed E-state index contributed by atoms with van der Waals surface area (Å²) in [4.78, 5) is 11.4. The molecule has 1 N–H and O–H groups in total. The Bertz CT molecular complexity index is 637. The molecule has 2 rings (SSSR count). The predicted octanol–water partition coefficient (Wildman–Crippen LogP) is 5.11. The van der Waals surface area contributed by atoms with E-state index in [2.05, 4.69) is 48.8 Å². The molecule has 0 unspecified atom stereocenters. The second kappa shape index (κ2) is 5.41. The van der Waals surface area contributed by atoms with Crippen molar-refractivity contribution in [1.29, 1.82) is 0 Å². The van der Waals surface area contributed by atoms with E-state index in [0.29, 0.717) is 5.56 Å². The van der Waals surface area contributed by atoms with Crippen molar-refractivity contribution in [3.63, 3.8) is 0 Å². The summed E-state index contributed by atoms with van der Waals surface area (Å²) in [6.45, 7) is 6.47. The van der Waals surface area contributed by atoms with Gasteiger partial charge in [0.05, 0.1) is 5.56 Å². The molecule has 0 aliphatic carbocycles. The number of benzene rings is 2. The Balaban J connectivity index is 2.50. The van der Waals surface area contributed by atoms with Gasteiger partial charge in [-0.15, -0.1) is 0 Å². The molecule has 0 bridgehead atoms. The quantitative estimate of drug-likeness (QED) is 0.829. The minimum Gasteiger partial charge on any atom is -0.478 e. The number of carboxylic acids is 1. The van der Waals surface area contributed by atoms with Gasteiger partial charge in [-0.05, 0) is 34.2 Å². The van der Waals surface area contributed by atoms with Gasteiger partial charge in [0.1, 0.15) is 0 Å². The Morgan fingerprint density at radius 1 is 1.05 bits per heavy atom. The van der Waals surface area contributed by atoms with Crippen molar-refractivity contribution in [2.75, 3.05) is 0 Å². The van der Waals surface area contributed by atoms with E-state index in [0.717, 1.165) is 15.6 Å². The van der Waals surface area contributed by atoms with Gasteiger partial charge in [-0.25, -0.2) is 4.79 Å². The van der Waals surface area contributed by atoms with Crippen LogP contribution in [0.2, 0.25) is 0 Å². The van der Waals surface area contributed by atoms with Crippen LogP contribution >= 0.6 is 15.9 Å². The van der Waals surface area contributed by atoms with Crippen molar-refractivity contribution >= 4 is 21.9 Å². The third-order valence-corrected chi connectivity index (χ3v) is 3.77. The van der Waals surface area contributed by atoms with Crippen molar-refractivity contribution in [3.8, 4) is 11.1 Å². The first-order chi connectivity index (χ1) is 9.29. The van der Waals surface area contributed by atoms with Crippen LogP contribution in [-0.2, 0) is 5.41 Å². The normalized spacial score (nSPS) is 11.4. The lowest BCUT2D eigenvalue weighted by molar-refractivity contribution is 0.0697. The fourth-order valence-electron chi connectivity index (χ4n) is 2.09. The van der Waals surface area contributed by atoms with Crippen molar-refractivity contribution < 1.29 is 9.90 Å². The molecule has 0 atom stereocenters. The van der Waals surface area contributed by atoms with E-state index >= 15 is 0 Å². The molecule has 0 aliphatic heterocycles. The van der Waals surface area contributed by atoms with Crippen molar-refractivity contribution in [3.05, 3.63) is 58.1 Å². The van der Waals surface area contributed by atoms with Crippen molar-refractivity contribution in [2.24, 2.45) is 0 Å².